The van der Waals surface area contributed by atoms with Gasteiger partial charge in [-0.25, -0.2) is 4.79 Å². The molecule has 2 aromatic rings. The van der Waals surface area contributed by atoms with E-state index in [2.05, 4.69) is 5.32 Å². The van der Waals surface area contributed by atoms with Gasteiger partial charge in [0.05, 0.1) is 27.4 Å². The van der Waals surface area contributed by atoms with Gasteiger partial charge in [0.1, 0.15) is 5.57 Å². The zero-order valence-electron chi connectivity index (χ0n) is 16.9. The molecule has 1 fully saturated rings. The molecule has 1 saturated heterocycles. The van der Waals surface area contributed by atoms with E-state index in [1.807, 2.05) is 0 Å². The lowest BCUT2D eigenvalue weighted by Gasteiger charge is -2.29. The number of carboxylic acids is 1. The molecule has 0 radical (unpaired) electrons. The molecule has 0 spiro atoms. The molecule has 0 saturated carbocycles. The number of carboxylic acid groups (broad SMARTS) is 1. The van der Waals surface area contributed by atoms with E-state index in [-0.39, 0.29) is 49.5 Å². The Hall–Kier alpha value is -2.85. The topological polar surface area (TPSA) is 105 Å². The van der Waals surface area contributed by atoms with Crippen LogP contribution in [0.4, 0.5) is 5.69 Å². The molecule has 2 amide bonds. The molecule has 1 aliphatic rings. The highest BCUT2D eigenvalue weighted by atomic mass is 35.5. The number of amides is 2. The first-order valence-corrected chi connectivity index (χ1v) is 10.8. The Morgan fingerprint density at radius 1 is 1.18 bits per heavy atom. The molecule has 2 N–H and O–H groups in total. The molecule has 33 heavy (non-hydrogen) atoms. The molecular formula is C21H15Cl3N2O6S. The van der Waals surface area contributed by atoms with E-state index in [1.165, 1.54) is 24.3 Å². The maximum Gasteiger partial charge on any atom is 0.341 e. The van der Waals surface area contributed by atoms with Gasteiger partial charge >= 0.3 is 5.97 Å². The van der Waals surface area contributed by atoms with Crippen molar-refractivity contribution in [2.24, 2.45) is 0 Å². The fourth-order valence-electron chi connectivity index (χ4n) is 2.92. The number of carbonyl (C=O) groups excluding carboxylic acids is 2. The van der Waals surface area contributed by atoms with Crippen LogP contribution in [0.1, 0.15) is 12.5 Å². The first kappa shape index (κ1) is 24.8. The summed E-state index contributed by atoms with van der Waals surface area (Å²) in [7, 11) is 0. The summed E-state index contributed by atoms with van der Waals surface area (Å²) in [5.41, 5.74) is 0.280. The van der Waals surface area contributed by atoms with E-state index < -0.39 is 24.4 Å². The molecule has 0 bridgehead atoms. The number of nitrogens with one attached hydrogen (secondary N) is 1. The average molecular weight is 530 g/mol. The highest BCUT2D eigenvalue weighted by molar-refractivity contribution is 7.80. The molecule has 0 aliphatic carbocycles. The molecular weight excluding hydrogens is 515 g/mol. The Labute approximate surface area is 208 Å². The Morgan fingerprint density at radius 3 is 2.58 bits per heavy atom. The van der Waals surface area contributed by atoms with Gasteiger partial charge in [-0.05, 0) is 55.0 Å². The summed E-state index contributed by atoms with van der Waals surface area (Å²) in [4.78, 5) is 37.7. The number of thiocarbonyl (C=S) groups is 1. The summed E-state index contributed by atoms with van der Waals surface area (Å²) in [6.07, 6.45) is 1.29. The minimum atomic E-state index is -1.19. The van der Waals surface area contributed by atoms with Crippen LogP contribution >= 0.6 is 47.0 Å². The van der Waals surface area contributed by atoms with Crippen molar-refractivity contribution in [3.63, 3.8) is 0 Å². The zero-order valence-corrected chi connectivity index (χ0v) is 19.9. The van der Waals surface area contributed by atoms with Gasteiger partial charge in [-0.3, -0.25) is 19.8 Å². The first-order chi connectivity index (χ1) is 15.6. The summed E-state index contributed by atoms with van der Waals surface area (Å²) in [6.45, 7) is 1.31. The van der Waals surface area contributed by atoms with Gasteiger partial charge in [-0.1, -0.05) is 40.9 Å². The van der Waals surface area contributed by atoms with Gasteiger partial charge in [-0.15, -0.1) is 0 Å². The van der Waals surface area contributed by atoms with Crippen LogP contribution in [-0.2, 0) is 14.4 Å². The molecule has 2 aromatic carbocycles. The van der Waals surface area contributed by atoms with Crippen LogP contribution in [0.3, 0.4) is 0 Å². The Kier molecular flexibility index (Phi) is 7.80. The van der Waals surface area contributed by atoms with E-state index in [0.29, 0.717) is 5.56 Å². The van der Waals surface area contributed by atoms with Crippen LogP contribution < -0.4 is 19.7 Å². The molecule has 3 rings (SSSR count). The van der Waals surface area contributed by atoms with Crippen LogP contribution in [0.25, 0.3) is 6.08 Å². The molecule has 8 nitrogen and oxygen atoms in total. The Bertz CT molecular complexity index is 1200. The quantitative estimate of drug-likeness (QED) is 0.312. The largest absolute Gasteiger partial charge is 0.490 e. The number of anilines is 1. The Morgan fingerprint density at radius 2 is 1.91 bits per heavy atom. The number of rotatable bonds is 7. The van der Waals surface area contributed by atoms with Gasteiger partial charge in [0, 0.05) is 0 Å². The standard InChI is InChI=1S/C21H15Cl3N2O6S/c1-2-31-15-8-10(7-13(23)18(15)32-9-16(27)28)6-11-19(29)25-21(33)26(20(11)30)14-5-3-4-12(22)17(14)24/h3-8H,2,9H2,1H3,(H,27,28)(H,25,29,33)/b11-6+. The summed E-state index contributed by atoms with van der Waals surface area (Å²) in [5, 5.41) is 11.5. The van der Waals surface area contributed by atoms with E-state index in [9.17, 15) is 14.4 Å². The van der Waals surface area contributed by atoms with Gasteiger partial charge in [-0.2, -0.15) is 0 Å². The van der Waals surface area contributed by atoms with Crippen LogP contribution in [-0.4, -0.2) is 41.2 Å². The van der Waals surface area contributed by atoms with Crippen molar-refractivity contribution in [1.82, 2.24) is 5.32 Å². The van der Waals surface area contributed by atoms with E-state index in [1.54, 1.807) is 19.1 Å². The monoisotopic (exact) mass is 528 g/mol. The highest BCUT2D eigenvalue weighted by Crippen LogP contribution is 2.38. The molecule has 0 aromatic heterocycles. The maximum atomic E-state index is 13.2. The minimum absolute atomic E-state index is 0.0241. The second-order valence-corrected chi connectivity index (χ2v) is 8.06. The summed E-state index contributed by atoms with van der Waals surface area (Å²) in [6, 6.07) is 7.53. The third-order valence-corrected chi connectivity index (χ3v) is 5.63. The maximum absolute atomic E-state index is 13.2. The molecule has 1 aliphatic heterocycles. The minimum Gasteiger partial charge on any atom is -0.490 e. The number of hydrogen-bond donors (Lipinski definition) is 2. The van der Waals surface area contributed by atoms with Crippen molar-refractivity contribution in [3.8, 4) is 11.5 Å². The number of hydrogen-bond acceptors (Lipinski definition) is 6. The van der Waals surface area contributed by atoms with Gasteiger partial charge < -0.3 is 14.6 Å². The smallest absolute Gasteiger partial charge is 0.341 e. The van der Waals surface area contributed by atoms with Crippen molar-refractivity contribution in [2.75, 3.05) is 18.1 Å². The summed E-state index contributed by atoms with van der Waals surface area (Å²) < 4.78 is 10.7. The van der Waals surface area contributed by atoms with Crippen molar-refractivity contribution in [2.45, 2.75) is 6.92 Å². The predicted octanol–water partition coefficient (Wildman–Crippen LogP) is 4.34. The van der Waals surface area contributed by atoms with Crippen LogP contribution in [0.5, 0.6) is 11.5 Å². The number of ether oxygens (including phenoxy) is 2. The first-order valence-electron chi connectivity index (χ1n) is 9.30. The molecule has 0 unspecified atom stereocenters. The normalized spacial score (nSPS) is 15.0. The van der Waals surface area contributed by atoms with Crippen LogP contribution in [0.2, 0.25) is 15.1 Å². The molecule has 172 valence electrons. The molecule has 12 heteroatoms. The summed E-state index contributed by atoms with van der Waals surface area (Å²) >= 11 is 23.7. The van der Waals surface area contributed by atoms with Crippen LogP contribution in [0, 0.1) is 0 Å². The number of carbonyl (C=O) groups is 3. The predicted molar refractivity (Wildman–Crippen MR) is 128 cm³/mol. The van der Waals surface area contributed by atoms with Crippen LogP contribution in [0.15, 0.2) is 35.9 Å². The second kappa shape index (κ2) is 10.4. The molecule has 1 heterocycles. The third-order valence-electron chi connectivity index (χ3n) is 4.26. The zero-order chi connectivity index (χ0) is 24.3. The highest BCUT2D eigenvalue weighted by Gasteiger charge is 2.35. The van der Waals surface area contributed by atoms with Gasteiger partial charge in [0.2, 0.25) is 0 Å². The van der Waals surface area contributed by atoms with Crippen molar-refractivity contribution in [3.05, 3.63) is 56.5 Å². The van der Waals surface area contributed by atoms with E-state index in [0.717, 1.165) is 4.90 Å². The lowest BCUT2D eigenvalue weighted by atomic mass is 10.1. The number of halogens is 3. The fraction of sp³-hybridized carbons (Fsp3) is 0.143. The van der Waals surface area contributed by atoms with Crippen molar-refractivity contribution < 1.29 is 29.0 Å². The van der Waals surface area contributed by atoms with E-state index in [4.69, 9.17) is 61.6 Å². The SMILES string of the molecule is CCOc1cc(/C=C2\C(=O)NC(=S)N(c3cccc(Cl)c3Cl)C2=O)cc(Cl)c1OCC(=O)O. The number of nitrogens with zero attached hydrogens (tertiary/aromatic N) is 1. The lowest BCUT2D eigenvalue weighted by molar-refractivity contribution is -0.139. The van der Waals surface area contributed by atoms with Gasteiger partial charge in [0.15, 0.2) is 23.2 Å². The Balaban J connectivity index is 2.04. The average Bonchev–Trinajstić information content (AvgIpc) is 2.73. The van der Waals surface area contributed by atoms with Crippen molar-refractivity contribution in [1.29, 1.82) is 0 Å². The third kappa shape index (κ3) is 5.39. The lowest BCUT2D eigenvalue weighted by Crippen LogP contribution is -2.54. The molecule has 0 atom stereocenters. The number of benzene rings is 2. The second-order valence-electron chi connectivity index (χ2n) is 6.48. The fourth-order valence-corrected chi connectivity index (χ4v) is 3.84. The van der Waals surface area contributed by atoms with Crippen molar-refractivity contribution >= 4 is 81.7 Å². The van der Waals surface area contributed by atoms with Gasteiger partial charge in [0.25, 0.3) is 11.8 Å². The van der Waals surface area contributed by atoms with E-state index >= 15 is 0 Å². The summed E-state index contributed by atoms with van der Waals surface area (Å²) in [5.74, 6) is -2.48. The number of aliphatic carboxylic acids is 1.